The number of carbonyl (C=O) groups excluding carboxylic acids is 1. The van der Waals surface area contributed by atoms with Crippen molar-refractivity contribution < 1.29 is 39.3 Å². The Kier molecular flexibility index (Phi) is 7.43. The first kappa shape index (κ1) is 23.5. The Balaban J connectivity index is 1.68. The van der Waals surface area contributed by atoms with E-state index in [-0.39, 0.29) is 19.3 Å². The van der Waals surface area contributed by atoms with Crippen molar-refractivity contribution in [2.45, 2.75) is 80.9 Å². The van der Waals surface area contributed by atoms with E-state index in [1.54, 1.807) is 5.06 Å². The second-order valence-electron chi connectivity index (χ2n) is 9.13. The summed E-state index contributed by atoms with van der Waals surface area (Å²) in [5, 5.41) is 31.4. The summed E-state index contributed by atoms with van der Waals surface area (Å²) in [6, 6.07) is -2.83. The molecule has 32 heavy (non-hydrogen) atoms. The van der Waals surface area contributed by atoms with Gasteiger partial charge in [-0.05, 0) is 51.6 Å². The van der Waals surface area contributed by atoms with Crippen LogP contribution in [0, 0.1) is 0 Å². The molecule has 7 atom stereocenters. The Hall–Kier alpha value is -1.63. The minimum Gasteiger partial charge on any atom is -0.480 e. The van der Waals surface area contributed by atoms with Crippen LogP contribution in [-0.4, -0.2) is 124 Å². The number of hydrogen-bond donors (Lipinski definition) is 3. The topological polar surface area (TPSA) is 140 Å². The average Bonchev–Trinajstić information content (AvgIpc) is 3.53. The smallest absolute Gasteiger partial charge is 0.320 e. The lowest BCUT2D eigenvalue weighted by atomic mass is 9.90. The van der Waals surface area contributed by atoms with Crippen molar-refractivity contribution in [1.82, 2.24) is 14.9 Å². The number of carboxylic acids is 2. The first-order valence-corrected chi connectivity index (χ1v) is 11.5. The fraction of sp³-hybridized carbons (Fsp3) is 0.857. The highest BCUT2D eigenvalue weighted by atomic mass is 16.7. The van der Waals surface area contributed by atoms with Crippen LogP contribution in [0.2, 0.25) is 0 Å². The number of hydrogen-bond acceptors (Lipinski definition) is 9. The van der Waals surface area contributed by atoms with Gasteiger partial charge in [-0.1, -0.05) is 0 Å². The van der Waals surface area contributed by atoms with E-state index in [0.29, 0.717) is 51.7 Å². The van der Waals surface area contributed by atoms with Crippen LogP contribution < -0.4 is 0 Å². The number of carbonyl (C=O) groups is 3. The molecule has 4 aliphatic rings. The number of rotatable bonds is 8. The third-order valence-corrected chi connectivity index (χ3v) is 7.37. The standard InChI is InChI=1S/C21H33N3O8/c25-10-13-4-1-9-24(13)32-17-12-31-16(11-26)18(22-7-2-5-14(22)20(27)28)19(17)23-8-3-6-15(23)21(29)30/h10,13-19,26H,1-9,11-12H2,(H,27,28)(H,29,30)/t13-,14-,15-,16?,17-,18+,19+/m0/s1. The highest BCUT2D eigenvalue weighted by Crippen LogP contribution is 2.36. The number of aldehydes is 1. The molecule has 0 aliphatic carbocycles. The number of likely N-dealkylation sites (tertiary alicyclic amines) is 2. The van der Waals surface area contributed by atoms with Crippen LogP contribution in [0.4, 0.5) is 0 Å². The number of ether oxygens (including phenoxy) is 1. The summed E-state index contributed by atoms with van der Waals surface area (Å²) in [6.07, 6.45) is 3.53. The fourth-order valence-corrected chi connectivity index (χ4v) is 5.96. The fourth-order valence-electron chi connectivity index (χ4n) is 5.96. The van der Waals surface area contributed by atoms with Crippen molar-refractivity contribution in [3.63, 3.8) is 0 Å². The molecular weight excluding hydrogens is 422 g/mol. The lowest BCUT2D eigenvalue weighted by Crippen LogP contribution is -2.70. The van der Waals surface area contributed by atoms with Gasteiger partial charge in [0.2, 0.25) is 0 Å². The summed E-state index contributed by atoms with van der Waals surface area (Å²) in [7, 11) is 0. The van der Waals surface area contributed by atoms with Gasteiger partial charge in [0.25, 0.3) is 0 Å². The molecule has 0 spiro atoms. The first-order valence-electron chi connectivity index (χ1n) is 11.5. The van der Waals surface area contributed by atoms with Crippen molar-refractivity contribution in [2.75, 3.05) is 32.8 Å². The van der Waals surface area contributed by atoms with Crippen LogP contribution in [0.5, 0.6) is 0 Å². The first-order chi connectivity index (χ1) is 15.5. The molecule has 4 heterocycles. The summed E-state index contributed by atoms with van der Waals surface area (Å²) in [5.74, 6) is -1.85. The predicted molar refractivity (Wildman–Crippen MR) is 110 cm³/mol. The molecule has 0 aromatic rings. The highest BCUT2D eigenvalue weighted by molar-refractivity contribution is 5.74. The second kappa shape index (κ2) is 10.1. The summed E-state index contributed by atoms with van der Waals surface area (Å²) in [5.41, 5.74) is 0. The zero-order valence-corrected chi connectivity index (χ0v) is 18.1. The Labute approximate surface area is 186 Å². The molecule has 11 heteroatoms. The molecule has 3 N–H and O–H groups in total. The zero-order chi connectivity index (χ0) is 22.8. The largest absolute Gasteiger partial charge is 0.480 e. The van der Waals surface area contributed by atoms with Gasteiger partial charge < -0.3 is 24.9 Å². The Bertz CT molecular complexity index is 709. The second-order valence-corrected chi connectivity index (χ2v) is 9.13. The molecule has 4 rings (SSSR count). The van der Waals surface area contributed by atoms with E-state index >= 15 is 0 Å². The molecule has 0 bridgehead atoms. The molecule has 4 saturated heterocycles. The molecular formula is C21H33N3O8. The van der Waals surface area contributed by atoms with Crippen LogP contribution in [0.15, 0.2) is 0 Å². The van der Waals surface area contributed by atoms with Crippen molar-refractivity contribution >= 4 is 18.2 Å². The number of aliphatic carboxylic acids is 2. The van der Waals surface area contributed by atoms with Gasteiger partial charge >= 0.3 is 11.9 Å². The van der Waals surface area contributed by atoms with Crippen molar-refractivity contribution in [3.05, 3.63) is 0 Å². The number of aliphatic hydroxyl groups is 1. The van der Waals surface area contributed by atoms with Crippen LogP contribution in [0.25, 0.3) is 0 Å². The summed E-state index contributed by atoms with van der Waals surface area (Å²) >= 11 is 0. The third-order valence-electron chi connectivity index (χ3n) is 7.37. The van der Waals surface area contributed by atoms with Gasteiger partial charge in [-0.3, -0.25) is 24.2 Å². The Morgan fingerprint density at radius 2 is 1.53 bits per heavy atom. The van der Waals surface area contributed by atoms with Crippen LogP contribution >= 0.6 is 0 Å². The molecule has 0 aromatic carbocycles. The zero-order valence-electron chi connectivity index (χ0n) is 18.1. The van der Waals surface area contributed by atoms with Crippen molar-refractivity contribution in [2.24, 2.45) is 0 Å². The van der Waals surface area contributed by atoms with Gasteiger partial charge in [-0.25, -0.2) is 0 Å². The maximum absolute atomic E-state index is 12.0. The van der Waals surface area contributed by atoms with E-state index in [9.17, 15) is 29.7 Å². The van der Waals surface area contributed by atoms with E-state index in [2.05, 4.69) is 0 Å². The van der Waals surface area contributed by atoms with Gasteiger partial charge in [-0.2, -0.15) is 5.06 Å². The van der Waals surface area contributed by atoms with E-state index in [4.69, 9.17) is 9.57 Å². The molecule has 4 aliphatic heterocycles. The maximum atomic E-state index is 12.0. The molecule has 1 unspecified atom stereocenters. The summed E-state index contributed by atoms with van der Waals surface area (Å²) in [6.45, 7) is 1.48. The molecule has 11 nitrogen and oxygen atoms in total. The van der Waals surface area contributed by atoms with Crippen LogP contribution in [0.1, 0.15) is 38.5 Å². The molecule has 0 aromatic heterocycles. The lowest BCUT2D eigenvalue weighted by Gasteiger charge is -2.51. The van der Waals surface area contributed by atoms with Gasteiger partial charge in [0.15, 0.2) is 0 Å². The van der Waals surface area contributed by atoms with Crippen molar-refractivity contribution in [1.29, 1.82) is 0 Å². The lowest BCUT2D eigenvalue weighted by molar-refractivity contribution is -0.265. The molecule has 4 fully saturated rings. The summed E-state index contributed by atoms with van der Waals surface area (Å²) in [4.78, 5) is 45.5. The maximum Gasteiger partial charge on any atom is 0.320 e. The minimum atomic E-state index is -0.933. The molecule has 0 radical (unpaired) electrons. The molecule has 180 valence electrons. The van der Waals surface area contributed by atoms with E-state index < -0.39 is 48.3 Å². The minimum absolute atomic E-state index is 0.128. The Morgan fingerprint density at radius 3 is 2.09 bits per heavy atom. The highest BCUT2D eigenvalue weighted by Gasteiger charge is 2.53. The number of hydroxylamine groups is 2. The number of aliphatic hydroxyl groups excluding tert-OH is 1. The molecule has 0 amide bonds. The van der Waals surface area contributed by atoms with Gasteiger partial charge in [0.1, 0.15) is 24.5 Å². The summed E-state index contributed by atoms with van der Waals surface area (Å²) < 4.78 is 5.96. The normalized spacial score (nSPS) is 39.5. The monoisotopic (exact) mass is 455 g/mol. The Morgan fingerprint density at radius 1 is 0.938 bits per heavy atom. The predicted octanol–water partition coefficient (Wildman–Crippen LogP) is -0.824. The quantitative estimate of drug-likeness (QED) is 0.395. The number of carboxylic acid groups (broad SMARTS) is 2. The van der Waals surface area contributed by atoms with Crippen molar-refractivity contribution in [3.8, 4) is 0 Å². The molecule has 0 saturated carbocycles. The van der Waals surface area contributed by atoms with E-state index in [1.807, 2.05) is 9.80 Å². The average molecular weight is 456 g/mol. The van der Waals surface area contributed by atoms with Gasteiger partial charge in [0, 0.05) is 6.54 Å². The van der Waals surface area contributed by atoms with Gasteiger partial charge in [-0.15, -0.1) is 0 Å². The number of nitrogens with zero attached hydrogens (tertiary/aromatic N) is 3. The van der Waals surface area contributed by atoms with Gasteiger partial charge in [0.05, 0.1) is 37.4 Å². The van der Waals surface area contributed by atoms with Crippen LogP contribution in [0.3, 0.4) is 0 Å². The van der Waals surface area contributed by atoms with E-state index in [1.165, 1.54) is 0 Å². The van der Waals surface area contributed by atoms with Crippen LogP contribution in [-0.2, 0) is 24.0 Å². The SMILES string of the molecule is O=C[C@@H]1CCCN1O[C@H]1COC(CO)[C@@H](N2CCC[C@H]2C(=O)O)[C@@H]1N1CCC[C@H]1C(=O)O. The van der Waals surface area contributed by atoms with E-state index in [0.717, 1.165) is 12.7 Å². The third kappa shape index (κ3) is 4.42.